The molecular formula is C31H23Br2IN2. The zero-order chi connectivity index (χ0) is 24.8. The highest BCUT2D eigenvalue weighted by atomic mass is 127. The summed E-state index contributed by atoms with van der Waals surface area (Å²) in [4.78, 5) is 5.34. The fourth-order valence-corrected chi connectivity index (χ4v) is 6.07. The summed E-state index contributed by atoms with van der Waals surface area (Å²) in [5, 5.41) is 4.75. The predicted octanol–water partition coefficient (Wildman–Crippen LogP) is 10.5. The molecule has 36 heavy (non-hydrogen) atoms. The molecule has 0 amide bonds. The van der Waals surface area contributed by atoms with Gasteiger partial charge in [0.1, 0.15) is 5.82 Å². The summed E-state index contributed by atoms with van der Waals surface area (Å²) in [5.74, 6) is 0.966. The number of fused-ring (bicyclic) bond motifs is 6. The summed E-state index contributed by atoms with van der Waals surface area (Å²) in [6, 6.07) is 30.7. The van der Waals surface area contributed by atoms with E-state index in [-0.39, 0.29) is 0 Å². The largest absolute Gasteiger partial charge is 0.292 e. The molecule has 0 aliphatic heterocycles. The topological polar surface area (TPSA) is 17.8 Å². The number of nitrogens with zero attached hydrogens (tertiary/aromatic N) is 2. The lowest BCUT2D eigenvalue weighted by Gasteiger charge is -2.13. The van der Waals surface area contributed by atoms with Crippen LogP contribution in [-0.4, -0.2) is 9.55 Å². The van der Waals surface area contributed by atoms with E-state index in [1.807, 2.05) is 0 Å². The molecular weight excluding hydrogens is 687 g/mol. The molecule has 0 bridgehead atoms. The molecule has 0 aliphatic carbocycles. The van der Waals surface area contributed by atoms with E-state index in [0.29, 0.717) is 0 Å². The first-order valence-corrected chi connectivity index (χ1v) is 14.8. The molecule has 0 fully saturated rings. The highest BCUT2D eigenvalue weighted by Crippen LogP contribution is 2.40. The Morgan fingerprint density at radius 1 is 0.750 bits per heavy atom. The van der Waals surface area contributed by atoms with Crippen LogP contribution in [0.3, 0.4) is 0 Å². The van der Waals surface area contributed by atoms with Gasteiger partial charge in [0.25, 0.3) is 0 Å². The summed E-state index contributed by atoms with van der Waals surface area (Å²) in [6.45, 7) is 2.24. The molecule has 0 aliphatic rings. The molecule has 0 saturated carbocycles. The molecule has 0 spiro atoms. The quantitative estimate of drug-likeness (QED) is 0.129. The molecule has 6 rings (SSSR count). The predicted molar refractivity (Wildman–Crippen MR) is 168 cm³/mol. The van der Waals surface area contributed by atoms with Crippen molar-refractivity contribution in [3.05, 3.63) is 103 Å². The number of hydrogen-bond acceptors (Lipinski definition) is 1. The van der Waals surface area contributed by atoms with Crippen molar-refractivity contribution in [2.24, 2.45) is 0 Å². The Hall–Kier alpha value is -2.22. The molecule has 0 unspecified atom stereocenters. The number of hydrogen-bond donors (Lipinski definition) is 0. The van der Waals surface area contributed by atoms with Crippen LogP contribution in [0.25, 0.3) is 49.7 Å². The number of aromatic nitrogens is 2. The van der Waals surface area contributed by atoms with E-state index in [9.17, 15) is 0 Å². The van der Waals surface area contributed by atoms with Gasteiger partial charge in [0.15, 0.2) is 0 Å². The Morgan fingerprint density at radius 3 is 2.06 bits per heavy atom. The van der Waals surface area contributed by atoms with Gasteiger partial charge in [-0.3, -0.25) is 4.57 Å². The summed E-state index contributed by atoms with van der Waals surface area (Å²) >= 11 is 9.76. The maximum atomic E-state index is 5.34. The first-order valence-electron chi connectivity index (χ1n) is 12.1. The zero-order valence-corrected chi connectivity index (χ0v) is 25.1. The minimum Gasteiger partial charge on any atom is -0.292 e. The molecule has 0 saturated heterocycles. The average molecular weight is 710 g/mol. The van der Waals surface area contributed by atoms with Crippen molar-refractivity contribution < 1.29 is 0 Å². The van der Waals surface area contributed by atoms with Gasteiger partial charge in [0, 0.05) is 34.5 Å². The van der Waals surface area contributed by atoms with E-state index in [0.717, 1.165) is 48.9 Å². The van der Waals surface area contributed by atoms with Crippen molar-refractivity contribution >= 4 is 87.0 Å². The number of aryl methyl sites for hydroxylation is 1. The molecule has 0 N–H and O–H groups in total. The molecule has 1 aromatic heterocycles. The maximum absolute atomic E-state index is 5.34. The van der Waals surface area contributed by atoms with Crippen molar-refractivity contribution in [2.75, 3.05) is 0 Å². The molecule has 1 heterocycles. The first kappa shape index (κ1) is 24.1. The standard InChI is InChI=1S/C31H23Br2IN2/c1-2-3-4-19-5-7-20(8-6-19)31-35-29-25-15-9-21(32)17-27(25)28-18-22(33)10-16-26(28)30(29)36(31)24-13-11-23(34)12-14-24/h5-18H,2-4H2,1H3. The minimum absolute atomic E-state index is 0.966. The van der Waals surface area contributed by atoms with Crippen LogP contribution >= 0.6 is 54.5 Å². The molecule has 5 heteroatoms. The van der Waals surface area contributed by atoms with Gasteiger partial charge in [0.05, 0.1) is 11.0 Å². The number of benzene rings is 5. The van der Waals surface area contributed by atoms with E-state index >= 15 is 0 Å². The fourth-order valence-electron chi connectivity index (χ4n) is 4.98. The van der Waals surface area contributed by atoms with Gasteiger partial charge in [-0.25, -0.2) is 4.98 Å². The normalized spacial score (nSPS) is 11.7. The zero-order valence-electron chi connectivity index (χ0n) is 19.7. The Kier molecular flexibility index (Phi) is 6.65. The third-order valence-corrected chi connectivity index (χ3v) is 8.46. The Bertz CT molecular complexity index is 1740. The van der Waals surface area contributed by atoms with Gasteiger partial charge in [-0.05, 0) is 100 Å². The fraction of sp³-hybridized carbons (Fsp3) is 0.129. The third-order valence-electron chi connectivity index (χ3n) is 6.76. The van der Waals surface area contributed by atoms with E-state index in [1.165, 1.54) is 38.1 Å². The highest BCUT2D eigenvalue weighted by Gasteiger charge is 2.20. The highest BCUT2D eigenvalue weighted by molar-refractivity contribution is 14.1. The lowest BCUT2D eigenvalue weighted by atomic mass is 10.00. The van der Waals surface area contributed by atoms with Crippen LogP contribution in [0.5, 0.6) is 0 Å². The summed E-state index contributed by atoms with van der Waals surface area (Å²) in [5.41, 5.74) is 5.78. The van der Waals surface area contributed by atoms with Crippen LogP contribution in [-0.2, 0) is 6.42 Å². The van der Waals surface area contributed by atoms with Crippen LogP contribution in [0.2, 0.25) is 0 Å². The number of rotatable bonds is 5. The van der Waals surface area contributed by atoms with Crippen molar-refractivity contribution in [2.45, 2.75) is 26.2 Å². The second-order valence-electron chi connectivity index (χ2n) is 9.12. The van der Waals surface area contributed by atoms with Gasteiger partial charge in [-0.1, -0.05) is 81.6 Å². The Morgan fingerprint density at radius 2 is 1.39 bits per heavy atom. The second-order valence-corrected chi connectivity index (χ2v) is 12.2. The Balaban J connectivity index is 1.73. The first-order chi connectivity index (χ1) is 17.5. The van der Waals surface area contributed by atoms with Crippen LogP contribution in [0, 0.1) is 3.57 Å². The number of unbranched alkanes of at least 4 members (excludes halogenated alkanes) is 1. The maximum Gasteiger partial charge on any atom is 0.145 e. The van der Waals surface area contributed by atoms with Crippen molar-refractivity contribution in [1.82, 2.24) is 9.55 Å². The SMILES string of the molecule is CCCCc1ccc(-c2nc3c4ccc(Br)cc4c4cc(Br)ccc4c3n2-c2ccc(I)cc2)cc1. The Labute approximate surface area is 241 Å². The molecule has 0 radical (unpaired) electrons. The van der Waals surface area contributed by atoms with E-state index in [2.05, 4.69) is 151 Å². The van der Waals surface area contributed by atoms with E-state index in [1.54, 1.807) is 0 Å². The van der Waals surface area contributed by atoms with Crippen LogP contribution in [0.4, 0.5) is 0 Å². The lowest BCUT2D eigenvalue weighted by molar-refractivity contribution is 0.795. The number of halogens is 3. The van der Waals surface area contributed by atoms with Gasteiger partial charge in [-0.15, -0.1) is 0 Å². The minimum atomic E-state index is 0.966. The molecule has 0 atom stereocenters. The van der Waals surface area contributed by atoms with Crippen molar-refractivity contribution in [1.29, 1.82) is 0 Å². The summed E-state index contributed by atoms with van der Waals surface area (Å²) in [7, 11) is 0. The van der Waals surface area contributed by atoms with Crippen molar-refractivity contribution in [3.63, 3.8) is 0 Å². The van der Waals surface area contributed by atoms with E-state index in [4.69, 9.17) is 4.98 Å². The summed E-state index contributed by atoms with van der Waals surface area (Å²) < 4.78 is 5.69. The van der Waals surface area contributed by atoms with Crippen LogP contribution in [0.15, 0.2) is 93.9 Å². The van der Waals surface area contributed by atoms with Gasteiger partial charge >= 0.3 is 0 Å². The molecule has 178 valence electrons. The number of imidazole rings is 1. The van der Waals surface area contributed by atoms with Crippen molar-refractivity contribution in [3.8, 4) is 17.1 Å². The van der Waals surface area contributed by atoms with Crippen LogP contribution < -0.4 is 0 Å². The summed E-state index contributed by atoms with van der Waals surface area (Å²) in [6.07, 6.45) is 3.53. The second kappa shape index (κ2) is 9.92. The molecule has 2 nitrogen and oxygen atoms in total. The monoisotopic (exact) mass is 708 g/mol. The van der Waals surface area contributed by atoms with E-state index < -0.39 is 0 Å². The smallest absolute Gasteiger partial charge is 0.145 e. The average Bonchev–Trinajstić information content (AvgIpc) is 3.29. The van der Waals surface area contributed by atoms with Gasteiger partial charge in [-0.2, -0.15) is 0 Å². The van der Waals surface area contributed by atoms with Gasteiger partial charge < -0.3 is 0 Å². The molecule has 5 aromatic carbocycles. The molecule has 6 aromatic rings. The van der Waals surface area contributed by atoms with Crippen LogP contribution in [0.1, 0.15) is 25.3 Å². The lowest BCUT2D eigenvalue weighted by Crippen LogP contribution is -1.98. The third kappa shape index (κ3) is 4.29. The van der Waals surface area contributed by atoms with Gasteiger partial charge in [0.2, 0.25) is 0 Å².